The molecular weight excluding hydrogens is 340 g/mol. The lowest BCUT2D eigenvalue weighted by atomic mass is 10.0. The van der Waals surface area contributed by atoms with Crippen molar-refractivity contribution >= 4 is 17.7 Å². The molecule has 1 N–H and O–H groups in total. The zero-order valence-electron chi connectivity index (χ0n) is 14.6. The molecule has 1 aromatic carbocycles. The second-order valence-electron chi connectivity index (χ2n) is 6.28. The molecule has 0 aromatic heterocycles. The molecule has 1 aromatic rings. The van der Waals surface area contributed by atoms with E-state index in [0.717, 1.165) is 0 Å². The molecule has 0 bridgehead atoms. The first-order valence-corrected chi connectivity index (χ1v) is 8.57. The molecule has 8 heteroatoms. The van der Waals surface area contributed by atoms with Crippen LogP contribution in [-0.4, -0.2) is 85.3 Å². The summed E-state index contributed by atoms with van der Waals surface area (Å²) in [5.41, 5.74) is 0.876. The number of benzene rings is 1. The molecule has 0 saturated carbocycles. The van der Waals surface area contributed by atoms with E-state index in [1.54, 1.807) is 18.1 Å². The van der Waals surface area contributed by atoms with Crippen LogP contribution >= 0.6 is 0 Å². The molecule has 1 unspecified atom stereocenters. The number of carbonyl (C=O) groups excluding carboxylic acids is 3. The van der Waals surface area contributed by atoms with Crippen molar-refractivity contribution in [2.45, 2.75) is 12.5 Å². The van der Waals surface area contributed by atoms with E-state index in [9.17, 15) is 19.5 Å². The highest BCUT2D eigenvalue weighted by atomic mass is 16.5. The monoisotopic (exact) mass is 362 g/mol. The Kier molecular flexibility index (Phi) is 5.65. The van der Waals surface area contributed by atoms with Crippen LogP contribution in [0.25, 0.3) is 0 Å². The molecule has 26 heavy (non-hydrogen) atoms. The Labute approximate surface area is 151 Å². The fourth-order valence-electron chi connectivity index (χ4n) is 3.23. The first-order chi connectivity index (χ1) is 12.6. The van der Waals surface area contributed by atoms with Crippen LogP contribution in [0.1, 0.15) is 37.5 Å². The average molecular weight is 362 g/mol. The maximum atomic E-state index is 12.8. The third-order valence-corrected chi connectivity index (χ3v) is 4.65. The third-order valence-electron chi connectivity index (χ3n) is 4.65. The van der Waals surface area contributed by atoms with Crippen molar-refractivity contribution in [1.82, 2.24) is 9.80 Å². The van der Waals surface area contributed by atoms with Crippen LogP contribution in [0, 0.1) is 0 Å². The molecule has 2 aliphatic rings. The third kappa shape index (κ3) is 3.35. The van der Waals surface area contributed by atoms with Crippen LogP contribution in [0.5, 0.6) is 0 Å². The van der Waals surface area contributed by atoms with Gasteiger partial charge < -0.3 is 19.5 Å². The van der Waals surface area contributed by atoms with E-state index in [-0.39, 0.29) is 37.1 Å². The number of imide groups is 1. The Hall–Kier alpha value is -2.29. The molecule has 0 spiro atoms. The van der Waals surface area contributed by atoms with Gasteiger partial charge in [-0.3, -0.25) is 19.3 Å². The summed E-state index contributed by atoms with van der Waals surface area (Å²) in [6, 6.07) is 4.13. The largest absolute Gasteiger partial charge is 0.394 e. The smallest absolute Gasteiger partial charge is 0.261 e. The van der Waals surface area contributed by atoms with Gasteiger partial charge in [0, 0.05) is 32.4 Å². The Morgan fingerprint density at radius 2 is 2.08 bits per heavy atom. The minimum atomic E-state index is -0.410. The van der Waals surface area contributed by atoms with E-state index in [4.69, 9.17) is 9.47 Å². The summed E-state index contributed by atoms with van der Waals surface area (Å²) in [5, 5.41) is 9.44. The number of hydrogen-bond acceptors (Lipinski definition) is 6. The maximum Gasteiger partial charge on any atom is 0.261 e. The number of aliphatic hydroxyl groups excluding tert-OH is 1. The molecule has 3 rings (SSSR count). The van der Waals surface area contributed by atoms with Crippen molar-refractivity contribution in [3.63, 3.8) is 0 Å². The molecule has 8 nitrogen and oxygen atoms in total. The number of amides is 3. The van der Waals surface area contributed by atoms with E-state index in [1.165, 1.54) is 17.0 Å². The lowest BCUT2D eigenvalue weighted by Crippen LogP contribution is -2.50. The fourth-order valence-corrected chi connectivity index (χ4v) is 3.23. The Balaban J connectivity index is 1.81. The SMILES string of the molecule is COCCCN1C(=O)c2ccc(C(=O)N3CCOCC3CO)cc2C1=O. The number of rotatable bonds is 6. The van der Waals surface area contributed by atoms with Gasteiger partial charge in [0.1, 0.15) is 0 Å². The maximum absolute atomic E-state index is 12.8. The second-order valence-corrected chi connectivity index (χ2v) is 6.28. The van der Waals surface area contributed by atoms with E-state index >= 15 is 0 Å². The molecule has 3 amide bonds. The first-order valence-electron chi connectivity index (χ1n) is 8.57. The summed E-state index contributed by atoms with van der Waals surface area (Å²) < 4.78 is 10.2. The predicted molar refractivity (Wildman–Crippen MR) is 91.0 cm³/mol. The first kappa shape index (κ1) is 18.5. The van der Waals surface area contributed by atoms with E-state index < -0.39 is 11.9 Å². The molecule has 0 radical (unpaired) electrons. The summed E-state index contributed by atoms with van der Waals surface area (Å²) >= 11 is 0. The minimum absolute atomic E-state index is 0.193. The van der Waals surface area contributed by atoms with Gasteiger partial charge in [-0.25, -0.2) is 0 Å². The van der Waals surface area contributed by atoms with Crippen LogP contribution in [0.2, 0.25) is 0 Å². The van der Waals surface area contributed by atoms with Crippen LogP contribution in [0.4, 0.5) is 0 Å². The Morgan fingerprint density at radius 3 is 2.81 bits per heavy atom. The lowest BCUT2D eigenvalue weighted by Gasteiger charge is -2.34. The molecular formula is C18H22N2O6. The normalized spacial score (nSPS) is 19.8. The minimum Gasteiger partial charge on any atom is -0.394 e. The molecule has 1 atom stereocenters. The van der Waals surface area contributed by atoms with Gasteiger partial charge in [0.15, 0.2) is 0 Å². The van der Waals surface area contributed by atoms with Gasteiger partial charge in [-0.2, -0.15) is 0 Å². The number of fused-ring (bicyclic) bond motifs is 1. The van der Waals surface area contributed by atoms with Crippen molar-refractivity contribution in [3.05, 3.63) is 34.9 Å². The van der Waals surface area contributed by atoms with Crippen molar-refractivity contribution in [2.24, 2.45) is 0 Å². The van der Waals surface area contributed by atoms with Crippen molar-refractivity contribution in [1.29, 1.82) is 0 Å². The zero-order valence-corrected chi connectivity index (χ0v) is 14.6. The predicted octanol–water partition coefficient (Wildman–Crippen LogP) is 0.152. The van der Waals surface area contributed by atoms with Gasteiger partial charge in [-0.1, -0.05) is 0 Å². The molecule has 140 valence electrons. The topological polar surface area (TPSA) is 96.4 Å². The number of ether oxygens (including phenoxy) is 2. The Morgan fingerprint density at radius 1 is 1.31 bits per heavy atom. The summed E-state index contributed by atoms with van der Waals surface area (Å²) in [4.78, 5) is 40.5. The van der Waals surface area contributed by atoms with Crippen LogP contribution < -0.4 is 0 Å². The highest BCUT2D eigenvalue weighted by Gasteiger charge is 2.36. The van der Waals surface area contributed by atoms with Gasteiger partial charge in [-0.15, -0.1) is 0 Å². The lowest BCUT2D eigenvalue weighted by molar-refractivity contribution is -0.0183. The quantitative estimate of drug-likeness (QED) is 0.572. The number of morpholine rings is 1. The van der Waals surface area contributed by atoms with Gasteiger partial charge in [0.25, 0.3) is 17.7 Å². The number of methoxy groups -OCH3 is 1. The molecule has 1 saturated heterocycles. The fraction of sp³-hybridized carbons (Fsp3) is 0.500. The summed E-state index contributed by atoms with van der Waals surface area (Å²) in [6.45, 7) is 1.59. The molecule has 2 heterocycles. The molecule has 1 fully saturated rings. The average Bonchev–Trinajstić information content (AvgIpc) is 2.92. The standard InChI is InChI=1S/C18H22N2O6/c1-25-7-2-5-20-17(23)14-4-3-12(9-15(14)18(20)24)16(22)19-6-8-26-11-13(19)10-21/h3-4,9,13,21H,2,5-8,10-11H2,1H3. The van der Waals surface area contributed by atoms with Crippen LogP contribution in [0.15, 0.2) is 18.2 Å². The number of hydrogen-bond donors (Lipinski definition) is 1. The highest BCUT2D eigenvalue weighted by molar-refractivity contribution is 6.22. The van der Waals surface area contributed by atoms with Gasteiger partial charge in [0.2, 0.25) is 0 Å². The van der Waals surface area contributed by atoms with Crippen LogP contribution in [0.3, 0.4) is 0 Å². The summed E-state index contributed by atoms with van der Waals surface area (Å²) in [6.07, 6.45) is 0.555. The Bertz CT molecular complexity index is 720. The van der Waals surface area contributed by atoms with Gasteiger partial charge in [-0.05, 0) is 24.6 Å². The van der Waals surface area contributed by atoms with E-state index in [2.05, 4.69) is 0 Å². The molecule has 2 aliphatic heterocycles. The molecule has 0 aliphatic carbocycles. The van der Waals surface area contributed by atoms with E-state index in [1.807, 2.05) is 0 Å². The number of nitrogens with zero attached hydrogens (tertiary/aromatic N) is 2. The van der Waals surface area contributed by atoms with Gasteiger partial charge in [0.05, 0.1) is 37.0 Å². The highest BCUT2D eigenvalue weighted by Crippen LogP contribution is 2.25. The summed E-state index contributed by atoms with van der Waals surface area (Å²) in [7, 11) is 1.56. The summed E-state index contributed by atoms with van der Waals surface area (Å²) in [5.74, 6) is -1.02. The van der Waals surface area contributed by atoms with Crippen molar-refractivity contribution in [2.75, 3.05) is 46.6 Å². The van der Waals surface area contributed by atoms with E-state index in [0.29, 0.717) is 37.3 Å². The van der Waals surface area contributed by atoms with Gasteiger partial charge >= 0.3 is 0 Å². The van der Waals surface area contributed by atoms with Crippen molar-refractivity contribution in [3.8, 4) is 0 Å². The second kappa shape index (κ2) is 7.94. The number of aliphatic hydroxyl groups is 1. The zero-order chi connectivity index (χ0) is 18.7. The van der Waals surface area contributed by atoms with Crippen LogP contribution in [-0.2, 0) is 9.47 Å². The number of carbonyl (C=O) groups is 3. The van der Waals surface area contributed by atoms with Crippen molar-refractivity contribution < 1.29 is 29.0 Å².